The molecule has 8 heteroatoms. The minimum Gasteiger partial charge on any atom is -0.497 e. The van der Waals surface area contributed by atoms with E-state index in [1.807, 2.05) is 12.1 Å². The summed E-state index contributed by atoms with van der Waals surface area (Å²) in [5.74, 6) is 1.23. The Hall–Kier alpha value is -3.06. The molecule has 2 aromatic heterocycles. The van der Waals surface area contributed by atoms with Crippen LogP contribution < -0.4 is 14.8 Å². The molecule has 1 aromatic carbocycles. The lowest BCUT2D eigenvalue weighted by Gasteiger charge is -2.07. The molecule has 0 aliphatic carbocycles. The van der Waals surface area contributed by atoms with E-state index in [0.29, 0.717) is 35.2 Å². The third kappa shape index (κ3) is 5.21. The largest absolute Gasteiger partial charge is 0.497 e. The molecule has 0 radical (unpaired) electrons. The summed E-state index contributed by atoms with van der Waals surface area (Å²) in [6, 6.07) is 10.4. The van der Waals surface area contributed by atoms with Crippen molar-refractivity contribution in [2.75, 3.05) is 13.7 Å². The third-order valence-electron chi connectivity index (χ3n) is 3.75. The maximum absolute atomic E-state index is 12.1. The van der Waals surface area contributed by atoms with Gasteiger partial charge in [0.1, 0.15) is 18.1 Å². The number of rotatable bonds is 8. The van der Waals surface area contributed by atoms with Gasteiger partial charge in [-0.3, -0.25) is 9.78 Å². The summed E-state index contributed by atoms with van der Waals surface area (Å²) in [6.07, 6.45) is 4.14. The van der Waals surface area contributed by atoms with E-state index >= 15 is 0 Å². The Kier molecular flexibility index (Phi) is 6.27. The smallest absolute Gasteiger partial charge is 0.273 e. The molecule has 3 aromatic rings. The molecule has 1 N–H and O–H groups in total. The number of nitrogens with one attached hydrogen (secondary N) is 1. The first-order valence-electron chi connectivity index (χ1n) is 8.25. The fourth-order valence-corrected chi connectivity index (χ4v) is 2.55. The number of benzene rings is 1. The van der Waals surface area contributed by atoms with Gasteiger partial charge in [-0.1, -0.05) is 16.8 Å². The number of hydrogen-bond acceptors (Lipinski definition) is 6. The van der Waals surface area contributed by atoms with E-state index < -0.39 is 0 Å². The van der Waals surface area contributed by atoms with E-state index in [4.69, 9.17) is 25.6 Å². The van der Waals surface area contributed by atoms with Gasteiger partial charge >= 0.3 is 0 Å². The first-order chi connectivity index (χ1) is 13.2. The standard InChI is InChI=1S/C19H18ClN3O4/c1-25-14-2-3-18(16(20)10-14)26-12-15-11-17(23-27-15)19(24)22-9-6-13-4-7-21-8-5-13/h2-5,7-8,10-11H,6,9,12H2,1H3,(H,22,24). The van der Waals surface area contributed by atoms with E-state index in [9.17, 15) is 4.79 Å². The SMILES string of the molecule is COc1ccc(OCc2cc(C(=O)NCCc3ccncc3)no2)c(Cl)c1. The zero-order valence-electron chi connectivity index (χ0n) is 14.6. The Morgan fingerprint density at radius 2 is 2.04 bits per heavy atom. The average Bonchev–Trinajstić information content (AvgIpc) is 3.17. The Morgan fingerprint density at radius 3 is 2.78 bits per heavy atom. The van der Waals surface area contributed by atoms with Crippen LogP contribution in [0, 0.1) is 0 Å². The van der Waals surface area contributed by atoms with Gasteiger partial charge in [0.2, 0.25) is 0 Å². The van der Waals surface area contributed by atoms with Crippen molar-refractivity contribution in [3.63, 3.8) is 0 Å². The highest BCUT2D eigenvalue weighted by Crippen LogP contribution is 2.29. The highest BCUT2D eigenvalue weighted by Gasteiger charge is 2.13. The van der Waals surface area contributed by atoms with E-state index in [2.05, 4.69) is 15.5 Å². The van der Waals surface area contributed by atoms with Gasteiger partial charge in [0.15, 0.2) is 11.5 Å². The van der Waals surface area contributed by atoms with Crippen molar-refractivity contribution in [2.45, 2.75) is 13.0 Å². The molecule has 2 heterocycles. The molecule has 0 spiro atoms. The van der Waals surface area contributed by atoms with Gasteiger partial charge in [0.05, 0.1) is 12.1 Å². The van der Waals surface area contributed by atoms with Crippen LogP contribution in [0.4, 0.5) is 0 Å². The highest BCUT2D eigenvalue weighted by atomic mass is 35.5. The van der Waals surface area contributed by atoms with Crippen LogP contribution in [-0.4, -0.2) is 29.7 Å². The topological polar surface area (TPSA) is 86.5 Å². The zero-order chi connectivity index (χ0) is 19.1. The molecular weight excluding hydrogens is 370 g/mol. The molecular formula is C19H18ClN3O4. The molecule has 0 bridgehead atoms. The number of methoxy groups -OCH3 is 1. The van der Waals surface area contributed by atoms with Crippen LogP contribution in [0.2, 0.25) is 5.02 Å². The number of pyridine rings is 1. The molecule has 140 valence electrons. The van der Waals surface area contributed by atoms with E-state index in [-0.39, 0.29) is 18.2 Å². The van der Waals surface area contributed by atoms with Crippen molar-refractivity contribution < 1.29 is 18.8 Å². The molecule has 0 aliphatic heterocycles. The first kappa shape index (κ1) is 18.7. The van der Waals surface area contributed by atoms with Gasteiger partial charge < -0.3 is 19.3 Å². The molecule has 0 aliphatic rings. The van der Waals surface area contributed by atoms with E-state index in [1.165, 1.54) is 0 Å². The average molecular weight is 388 g/mol. The van der Waals surface area contributed by atoms with E-state index in [1.54, 1.807) is 43.8 Å². The zero-order valence-corrected chi connectivity index (χ0v) is 15.4. The molecule has 1 amide bonds. The number of carbonyl (C=O) groups is 1. The van der Waals surface area contributed by atoms with Gasteiger partial charge in [0, 0.05) is 31.1 Å². The third-order valence-corrected chi connectivity index (χ3v) is 4.04. The molecule has 0 saturated carbocycles. The molecule has 3 rings (SSSR count). The summed E-state index contributed by atoms with van der Waals surface area (Å²) < 4.78 is 15.8. The second-order valence-electron chi connectivity index (χ2n) is 5.62. The van der Waals surface area contributed by atoms with Crippen molar-refractivity contribution in [2.24, 2.45) is 0 Å². The summed E-state index contributed by atoms with van der Waals surface area (Å²) in [7, 11) is 1.56. The Balaban J connectivity index is 1.49. The van der Waals surface area contributed by atoms with Crippen molar-refractivity contribution in [3.05, 3.63) is 70.8 Å². The van der Waals surface area contributed by atoms with Gasteiger partial charge in [0.25, 0.3) is 5.91 Å². The Labute approximate surface area is 161 Å². The maximum Gasteiger partial charge on any atom is 0.273 e. The van der Waals surface area contributed by atoms with Crippen LogP contribution in [-0.2, 0) is 13.0 Å². The maximum atomic E-state index is 12.1. The van der Waals surface area contributed by atoms with Gasteiger partial charge in [-0.25, -0.2) is 0 Å². The minimum absolute atomic E-state index is 0.101. The quantitative estimate of drug-likeness (QED) is 0.638. The second kappa shape index (κ2) is 9.05. The van der Waals surface area contributed by atoms with Crippen LogP contribution in [0.1, 0.15) is 21.8 Å². The number of ether oxygens (including phenoxy) is 2. The molecule has 7 nitrogen and oxygen atoms in total. The number of carbonyl (C=O) groups excluding carboxylic acids is 1. The van der Waals surface area contributed by atoms with Crippen LogP contribution in [0.5, 0.6) is 11.5 Å². The van der Waals surface area contributed by atoms with Crippen molar-refractivity contribution >= 4 is 17.5 Å². The summed E-state index contributed by atoms with van der Waals surface area (Å²) in [5.41, 5.74) is 1.29. The molecule has 0 atom stereocenters. The lowest BCUT2D eigenvalue weighted by atomic mass is 10.2. The summed E-state index contributed by atoms with van der Waals surface area (Å²) in [6.45, 7) is 0.590. The fraction of sp³-hybridized carbons (Fsp3) is 0.211. The molecule has 0 saturated heterocycles. The van der Waals surface area contributed by atoms with Crippen molar-refractivity contribution in [1.82, 2.24) is 15.5 Å². The minimum atomic E-state index is -0.304. The van der Waals surface area contributed by atoms with Gasteiger partial charge in [-0.2, -0.15) is 0 Å². The lowest BCUT2D eigenvalue weighted by molar-refractivity contribution is 0.0944. The number of amides is 1. The monoisotopic (exact) mass is 387 g/mol. The number of hydrogen-bond donors (Lipinski definition) is 1. The van der Waals surface area contributed by atoms with Crippen molar-refractivity contribution in [1.29, 1.82) is 0 Å². The van der Waals surface area contributed by atoms with Crippen LogP contribution in [0.3, 0.4) is 0 Å². The molecule has 0 fully saturated rings. The normalized spacial score (nSPS) is 10.4. The second-order valence-corrected chi connectivity index (χ2v) is 6.03. The fourth-order valence-electron chi connectivity index (χ4n) is 2.32. The number of aromatic nitrogens is 2. The lowest BCUT2D eigenvalue weighted by Crippen LogP contribution is -2.25. The highest BCUT2D eigenvalue weighted by molar-refractivity contribution is 6.32. The van der Waals surface area contributed by atoms with Crippen LogP contribution in [0.15, 0.2) is 53.3 Å². The van der Waals surface area contributed by atoms with Crippen LogP contribution in [0.25, 0.3) is 0 Å². The van der Waals surface area contributed by atoms with Gasteiger partial charge in [-0.05, 0) is 36.2 Å². The summed E-state index contributed by atoms with van der Waals surface area (Å²) >= 11 is 6.12. The number of nitrogens with zero attached hydrogens (tertiary/aromatic N) is 2. The summed E-state index contributed by atoms with van der Waals surface area (Å²) in [4.78, 5) is 16.1. The summed E-state index contributed by atoms with van der Waals surface area (Å²) in [5, 5.41) is 6.99. The predicted molar refractivity (Wildman–Crippen MR) is 99.1 cm³/mol. The molecule has 27 heavy (non-hydrogen) atoms. The van der Waals surface area contributed by atoms with Gasteiger partial charge in [-0.15, -0.1) is 0 Å². The number of halogens is 1. The predicted octanol–water partition coefficient (Wildman–Crippen LogP) is 3.28. The Morgan fingerprint density at radius 1 is 1.22 bits per heavy atom. The van der Waals surface area contributed by atoms with Crippen LogP contribution >= 0.6 is 11.6 Å². The van der Waals surface area contributed by atoms with E-state index in [0.717, 1.165) is 5.56 Å². The Bertz CT molecular complexity index is 899. The van der Waals surface area contributed by atoms with Crippen molar-refractivity contribution in [3.8, 4) is 11.5 Å². The molecule has 0 unspecified atom stereocenters. The first-order valence-corrected chi connectivity index (χ1v) is 8.62.